The number of fused-ring (bicyclic) bond motifs is 3. The number of carbonyl (C=O) groups is 1. The molecule has 170 valence electrons. The fourth-order valence-corrected chi connectivity index (χ4v) is 5.13. The lowest BCUT2D eigenvalue weighted by Crippen LogP contribution is -2.43. The number of nitrogens with zero attached hydrogens (tertiary/aromatic N) is 4. The monoisotopic (exact) mass is 445 g/mol. The first-order valence-electron chi connectivity index (χ1n) is 11.7. The summed E-state index contributed by atoms with van der Waals surface area (Å²) in [6.07, 6.45) is 3.24. The molecule has 2 N–H and O–H groups in total. The summed E-state index contributed by atoms with van der Waals surface area (Å²) in [6.45, 7) is 4.03. The molecular formula is C26H28FN5O. The molecular weight excluding hydrogens is 417 g/mol. The van der Waals surface area contributed by atoms with Crippen molar-refractivity contribution in [2.45, 2.75) is 38.8 Å². The predicted octanol–water partition coefficient (Wildman–Crippen LogP) is 4.09. The van der Waals surface area contributed by atoms with Crippen LogP contribution < -0.4 is 5.73 Å². The van der Waals surface area contributed by atoms with Crippen LogP contribution in [0.3, 0.4) is 0 Å². The molecule has 0 saturated heterocycles. The van der Waals surface area contributed by atoms with Gasteiger partial charge in [-0.2, -0.15) is 0 Å². The maximum Gasteiger partial charge on any atom is 0.254 e. The Hall–Kier alpha value is -3.19. The first-order chi connectivity index (χ1) is 15.9. The zero-order chi connectivity index (χ0) is 22.9. The average Bonchev–Trinajstić information content (AvgIpc) is 3.46. The number of nitrogens with two attached hydrogens (primary N) is 1. The third-order valence-corrected chi connectivity index (χ3v) is 7.02. The van der Waals surface area contributed by atoms with Crippen molar-refractivity contribution in [3.8, 4) is 11.5 Å². The topological polar surface area (TPSA) is 69.1 Å². The van der Waals surface area contributed by atoms with Gasteiger partial charge in [0.2, 0.25) is 0 Å². The van der Waals surface area contributed by atoms with Gasteiger partial charge in [-0.25, -0.2) is 9.37 Å². The zero-order valence-corrected chi connectivity index (χ0v) is 19.0. The molecule has 1 atom stereocenters. The van der Waals surface area contributed by atoms with Crippen LogP contribution in [0.5, 0.6) is 0 Å². The lowest BCUT2D eigenvalue weighted by Gasteiger charge is -2.29. The number of aryl methyl sites for hydroxylation is 1. The molecule has 1 aliphatic heterocycles. The summed E-state index contributed by atoms with van der Waals surface area (Å²) < 4.78 is 18.4. The number of hydrogen-bond acceptors (Lipinski definition) is 3. The van der Waals surface area contributed by atoms with Crippen LogP contribution in [0.1, 0.15) is 35.7 Å². The highest BCUT2D eigenvalue weighted by Crippen LogP contribution is 2.37. The van der Waals surface area contributed by atoms with Crippen molar-refractivity contribution in [1.29, 1.82) is 0 Å². The molecule has 2 aromatic carbocycles. The highest BCUT2D eigenvalue weighted by Gasteiger charge is 2.28. The largest absolute Gasteiger partial charge is 0.338 e. The van der Waals surface area contributed by atoms with Crippen molar-refractivity contribution in [3.63, 3.8) is 0 Å². The van der Waals surface area contributed by atoms with Gasteiger partial charge in [0.15, 0.2) is 5.82 Å². The standard InChI is InChI=1S/C26H28FN5O/c1-15(28)13-31-8-7-17-9-23-21(12-20(17)26(31)33)29-25(30(23)2)24-10-18-5-6-19(27)11-22(18)32(24)14-16-3-4-16/h5-6,9-12,15-16H,3-4,7-8,13-14,28H2,1-2H3. The summed E-state index contributed by atoms with van der Waals surface area (Å²) in [5, 5.41) is 1.01. The van der Waals surface area contributed by atoms with E-state index >= 15 is 0 Å². The van der Waals surface area contributed by atoms with Crippen LogP contribution in [0.25, 0.3) is 33.5 Å². The van der Waals surface area contributed by atoms with E-state index in [0.29, 0.717) is 19.0 Å². The highest BCUT2D eigenvalue weighted by molar-refractivity contribution is 6.00. The lowest BCUT2D eigenvalue weighted by atomic mass is 9.97. The van der Waals surface area contributed by atoms with E-state index < -0.39 is 0 Å². The minimum absolute atomic E-state index is 0.0287. The van der Waals surface area contributed by atoms with E-state index in [4.69, 9.17) is 10.7 Å². The molecule has 7 heteroatoms. The Balaban J connectivity index is 1.49. The van der Waals surface area contributed by atoms with Crippen LogP contribution in [0.2, 0.25) is 0 Å². The third-order valence-electron chi connectivity index (χ3n) is 7.02. The van der Waals surface area contributed by atoms with Crippen LogP contribution in [-0.2, 0) is 20.0 Å². The Morgan fingerprint density at radius 3 is 2.76 bits per heavy atom. The quantitative estimate of drug-likeness (QED) is 0.503. The second-order valence-electron chi connectivity index (χ2n) is 9.76. The molecule has 1 amide bonds. The Bertz CT molecular complexity index is 1410. The maximum atomic E-state index is 14.1. The number of carbonyl (C=O) groups excluding carboxylic acids is 1. The van der Waals surface area contributed by atoms with Crippen molar-refractivity contribution < 1.29 is 9.18 Å². The van der Waals surface area contributed by atoms with Gasteiger partial charge >= 0.3 is 0 Å². The first kappa shape index (κ1) is 20.4. The van der Waals surface area contributed by atoms with Crippen LogP contribution in [0, 0.1) is 11.7 Å². The van der Waals surface area contributed by atoms with Gasteiger partial charge in [0, 0.05) is 43.7 Å². The van der Waals surface area contributed by atoms with Gasteiger partial charge in [0.25, 0.3) is 5.91 Å². The number of benzene rings is 2. The Labute approximate surface area is 191 Å². The summed E-state index contributed by atoms with van der Waals surface area (Å²) in [6, 6.07) is 11.1. The number of rotatable bonds is 5. The average molecular weight is 446 g/mol. The normalized spacial score (nSPS) is 17.2. The zero-order valence-electron chi connectivity index (χ0n) is 19.0. The number of hydrogen-bond donors (Lipinski definition) is 1. The molecule has 1 saturated carbocycles. The molecule has 1 aliphatic carbocycles. The molecule has 3 heterocycles. The van der Waals surface area contributed by atoms with Gasteiger partial charge in [0.05, 0.1) is 22.2 Å². The Morgan fingerprint density at radius 2 is 2.00 bits per heavy atom. The SMILES string of the molecule is CC(N)CN1CCc2cc3c(cc2C1=O)nc(-c1cc2ccc(F)cc2n1CC1CC1)n3C. The summed E-state index contributed by atoms with van der Waals surface area (Å²) in [4.78, 5) is 19.9. The minimum Gasteiger partial charge on any atom is -0.338 e. The lowest BCUT2D eigenvalue weighted by molar-refractivity contribution is 0.0732. The van der Waals surface area contributed by atoms with Crippen LogP contribution in [0.15, 0.2) is 36.4 Å². The third kappa shape index (κ3) is 3.42. The van der Waals surface area contributed by atoms with E-state index in [1.807, 2.05) is 31.0 Å². The number of halogens is 1. The fraction of sp³-hybridized carbons (Fsp3) is 0.385. The van der Waals surface area contributed by atoms with E-state index in [1.165, 1.54) is 18.9 Å². The van der Waals surface area contributed by atoms with E-state index in [-0.39, 0.29) is 17.8 Å². The van der Waals surface area contributed by atoms with Crippen molar-refractivity contribution >= 4 is 27.8 Å². The molecule has 0 spiro atoms. The van der Waals surface area contributed by atoms with Gasteiger partial charge in [-0.05, 0) is 74.1 Å². The predicted molar refractivity (Wildman–Crippen MR) is 128 cm³/mol. The minimum atomic E-state index is -0.225. The summed E-state index contributed by atoms with van der Waals surface area (Å²) in [5.41, 5.74) is 11.4. The summed E-state index contributed by atoms with van der Waals surface area (Å²) in [7, 11) is 2.02. The molecule has 2 aliphatic rings. The molecule has 0 bridgehead atoms. The van der Waals surface area contributed by atoms with E-state index in [0.717, 1.165) is 57.5 Å². The number of amides is 1. The first-order valence-corrected chi connectivity index (χ1v) is 11.7. The van der Waals surface area contributed by atoms with Gasteiger partial charge < -0.3 is 19.8 Å². The molecule has 6 rings (SSSR count). The molecule has 1 unspecified atom stereocenters. The van der Waals surface area contributed by atoms with Crippen LogP contribution in [-0.4, -0.2) is 44.1 Å². The van der Waals surface area contributed by atoms with Crippen molar-refractivity contribution in [2.75, 3.05) is 13.1 Å². The summed E-state index contributed by atoms with van der Waals surface area (Å²) >= 11 is 0. The van der Waals surface area contributed by atoms with Crippen molar-refractivity contribution in [2.24, 2.45) is 18.7 Å². The number of aromatic nitrogens is 3. The molecule has 33 heavy (non-hydrogen) atoms. The second-order valence-corrected chi connectivity index (χ2v) is 9.76. The van der Waals surface area contributed by atoms with Gasteiger partial charge in [-0.3, -0.25) is 4.79 Å². The number of imidazole rings is 1. The highest BCUT2D eigenvalue weighted by atomic mass is 19.1. The Morgan fingerprint density at radius 1 is 1.18 bits per heavy atom. The molecule has 4 aromatic rings. The van der Waals surface area contributed by atoms with Crippen molar-refractivity contribution in [3.05, 3.63) is 53.3 Å². The maximum absolute atomic E-state index is 14.1. The molecule has 6 nitrogen and oxygen atoms in total. The summed E-state index contributed by atoms with van der Waals surface area (Å²) in [5.74, 6) is 1.28. The molecule has 0 radical (unpaired) electrons. The van der Waals surface area contributed by atoms with Gasteiger partial charge in [-0.1, -0.05) is 0 Å². The van der Waals surface area contributed by atoms with Crippen LogP contribution >= 0.6 is 0 Å². The molecule has 2 aromatic heterocycles. The Kier molecular flexibility index (Phi) is 4.59. The fourth-order valence-electron chi connectivity index (χ4n) is 5.13. The molecule has 1 fully saturated rings. The second kappa shape index (κ2) is 7.42. The van der Waals surface area contributed by atoms with E-state index in [1.54, 1.807) is 6.07 Å². The van der Waals surface area contributed by atoms with Crippen molar-refractivity contribution in [1.82, 2.24) is 19.0 Å². The van der Waals surface area contributed by atoms with E-state index in [9.17, 15) is 9.18 Å². The smallest absolute Gasteiger partial charge is 0.254 e. The van der Waals surface area contributed by atoms with Crippen LogP contribution in [0.4, 0.5) is 4.39 Å². The van der Waals surface area contributed by atoms with E-state index in [2.05, 4.69) is 21.3 Å². The van der Waals surface area contributed by atoms with Gasteiger partial charge in [0.1, 0.15) is 5.82 Å². The van der Waals surface area contributed by atoms with Gasteiger partial charge in [-0.15, -0.1) is 0 Å².